The number of H-pyrrole nitrogens is 1. The van der Waals surface area contributed by atoms with Gasteiger partial charge in [-0.2, -0.15) is 5.10 Å². The molecule has 2 aliphatic rings. The number of hydrogen-bond acceptors (Lipinski definition) is 4. The minimum atomic E-state index is -0.137. The Morgan fingerprint density at radius 2 is 2.12 bits per heavy atom. The molecule has 0 saturated heterocycles. The van der Waals surface area contributed by atoms with Crippen LogP contribution in [0.15, 0.2) is 0 Å². The molecule has 0 atom stereocenters. The van der Waals surface area contributed by atoms with Gasteiger partial charge in [0.1, 0.15) is 6.61 Å². The Balaban J connectivity index is 1.59. The third-order valence-corrected chi connectivity index (χ3v) is 5.21. The Morgan fingerprint density at radius 3 is 2.88 bits per heavy atom. The molecule has 7 nitrogen and oxygen atoms in total. The molecule has 1 aliphatic carbocycles. The van der Waals surface area contributed by atoms with Crippen molar-refractivity contribution in [1.82, 2.24) is 20.4 Å². The minimum absolute atomic E-state index is 0.0396. The number of hydrogen-bond donors (Lipinski definition) is 2. The number of amides is 2. The van der Waals surface area contributed by atoms with E-state index in [1.807, 2.05) is 6.92 Å². The smallest absolute Gasteiger partial charge is 0.272 e. The zero-order chi connectivity index (χ0) is 17.6. The number of fused-ring (bicyclic) bond motifs is 1. The molecule has 2 heterocycles. The van der Waals surface area contributed by atoms with E-state index < -0.39 is 0 Å². The highest BCUT2D eigenvalue weighted by Crippen LogP contribution is 2.24. The molecule has 1 aliphatic heterocycles. The number of ether oxygens (including phenoxy) is 1. The lowest BCUT2D eigenvalue weighted by atomic mass is 9.89. The maximum atomic E-state index is 12.5. The van der Waals surface area contributed by atoms with Crippen molar-refractivity contribution in [2.75, 3.05) is 26.3 Å². The Morgan fingerprint density at radius 1 is 1.32 bits per heavy atom. The number of carbonyl (C=O) groups is 2. The highest BCUT2D eigenvalue weighted by molar-refractivity contribution is 5.94. The summed E-state index contributed by atoms with van der Waals surface area (Å²) in [5.41, 5.74) is 2.24. The highest BCUT2D eigenvalue weighted by atomic mass is 16.5. The van der Waals surface area contributed by atoms with Crippen LogP contribution in [0.25, 0.3) is 0 Å². The fraction of sp³-hybridized carbons (Fsp3) is 0.722. The van der Waals surface area contributed by atoms with Crippen LogP contribution in [0.2, 0.25) is 0 Å². The van der Waals surface area contributed by atoms with Crippen molar-refractivity contribution in [1.29, 1.82) is 0 Å². The van der Waals surface area contributed by atoms with Crippen molar-refractivity contribution in [3.63, 3.8) is 0 Å². The zero-order valence-electron chi connectivity index (χ0n) is 15.0. The summed E-state index contributed by atoms with van der Waals surface area (Å²) in [7, 11) is 0. The van der Waals surface area contributed by atoms with Gasteiger partial charge in [0.15, 0.2) is 5.69 Å². The summed E-state index contributed by atoms with van der Waals surface area (Å²) >= 11 is 0. The van der Waals surface area contributed by atoms with Gasteiger partial charge in [-0.05, 0) is 25.7 Å². The second-order valence-electron chi connectivity index (χ2n) is 6.95. The zero-order valence-corrected chi connectivity index (χ0v) is 15.0. The van der Waals surface area contributed by atoms with Crippen LogP contribution >= 0.6 is 0 Å². The third kappa shape index (κ3) is 4.39. The molecule has 0 bridgehead atoms. The third-order valence-electron chi connectivity index (χ3n) is 5.21. The van der Waals surface area contributed by atoms with E-state index >= 15 is 0 Å². The summed E-state index contributed by atoms with van der Waals surface area (Å²) in [5.74, 6) is 0.404. The maximum Gasteiger partial charge on any atom is 0.272 e. The summed E-state index contributed by atoms with van der Waals surface area (Å²) in [5, 5.41) is 10.2. The predicted molar refractivity (Wildman–Crippen MR) is 93.1 cm³/mol. The van der Waals surface area contributed by atoms with Crippen LogP contribution < -0.4 is 5.32 Å². The van der Waals surface area contributed by atoms with E-state index in [0.29, 0.717) is 44.3 Å². The van der Waals surface area contributed by atoms with Crippen molar-refractivity contribution in [2.24, 2.45) is 5.92 Å². The predicted octanol–water partition coefficient (Wildman–Crippen LogP) is 1.64. The number of carbonyl (C=O) groups excluding carboxylic acids is 2. The van der Waals surface area contributed by atoms with Gasteiger partial charge in [-0.1, -0.05) is 19.3 Å². The van der Waals surface area contributed by atoms with E-state index in [1.54, 1.807) is 4.90 Å². The highest BCUT2D eigenvalue weighted by Gasteiger charge is 2.28. The van der Waals surface area contributed by atoms with Crippen LogP contribution in [0.5, 0.6) is 0 Å². The maximum absolute atomic E-state index is 12.5. The van der Waals surface area contributed by atoms with Gasteiger partial charge in [0.2, 0.25) is 5.91 Å². The van der Waals surface area contributed by atoms with E-state index in [9.17, 15) is 9.59 Å². The summed E-state index contributed by atoms with van der Waals surface area (Å²) in [4.78, 5) is 26.5. The van der Waals surface area contributed by atoms with Crippen LogP contribution in [0.3, 0.4) is 0 Å². The molecule has 25 heavy (non-hydrogen) atoms. The second kappa shape index (κ2) is 8.47. The van der Waals surface area contributed by atoms with Gasteiger partial charge in [-0.15, -0.1) is 0 Å². The Hall–Kier alpha value is -1.89. The van der Waals surface area contributed by atoms with Crippen LogP contribution in [-0.4, -0.2) is 53.2 Å². The molecular formula is C18H28N4O3. The van der Waals surface area contributed by atoms with Crippen molar-refractivity contribution < 1.29 is 14.3 Å². The van der Waals surface area contributed by atoms with Gasteiger partial charge in [0.25, 0.3) is 5.91 Å². The van der Waals surface area contributed by atoms with Crippen molar-refractivity contribution in [3.8, 4) is 0 Å². The fourth-order valence-electron chi connectivity index (χ4n) is 3.69. The first-order chi connectivity index (χ1) is 12.2. The molecule has 1 aromatic rings. The molecule has 3 rings (SSSR count). The lowest BCUT2D eigenvalue weighted by Gasteiger charge is -2.27. The summed E-state index contributed by atoms with van der Waals surface area (Å²) in [6.07, 6.45) is 6.90. The molecule has 1 saturated carbocycles. The number of aromatic nitrogens is 2. The first-order valence-electron chi connectivity index (χ1n) is 9.38. The number of aromatic amines is 1. The van der Waals surface area contributed by atoms with E-state index in [2.05, 4.69) is 15.5 Å². The second-order valence-corrected chi connectivity index (χ2v) is 6.95. The minimum Gasteiger partial charge on any atom is -0.372 e. The molecule has 2 N–H and O–H groups in total. The van der Waals surface area contributed by atoms with Gasteiger partial charge in [0.05, 0.1) is 0 Å². The normalized spacial score (nSPS) is 18.0. The van der Waals surface area contributed by atoms with E-state index in [4.69, 9.17) is 4.74 Å². The Bertz CT molecular complexity index is 607. The number of nitrogens with zero attached hydrogens (tertiary/aromatic N) is 2. The van der Waals surface area contributed by atoms with Gasteiger partial charge < -0.3 is 15.0 Å². The van der Waals surface area contributed by atoms with Crippen molar-refractivity contribution >= 4 is 11.8 Å². The summed E-state index contributed by atoms with van der Waals surface area (Å²) < 4.78 is 5.21. The van der Waals surface area contributed by atoms with E-state index in [1.165, 1.54) is 32.1 Å². The summed E-state index contributed by atoms with van der Waals surface area (Å²) in [6.45, 7) is 4.24. The Kier molecular flexibility index (Phi) is 6.07. The molecule has 0 spiro atoms. The summed E-state index contributed by atoms with van der Waals surface area (Å²) in [6, 6.07) is 0. The van der Waals surface area contributed by atoms with Crippen LogP contribution in [0.1, 0.15) is 60.8 Å². The van der Waals surface area contributed by atoms with Crippen molar-refractivity contribution in [3.05, 3.63) is 17.0 Å². The van der Waals surface area contributed by atoms with Gasteiger partial charge in [0, 0.05) is 43.9 Å². The van der Waals surface area contributed by atoms with Crippen LogP contribution in [0.4, 0.5) is 0 Å². The van der Waals surface area contributed by atoms with Crippen LogP contribution in [-0.2, 0) is 22.5 Å². The monoisotopic (exact) mass is 348 g/mol. The quantitative estimate of drug-likeness (QED) is 0.818. The SMILES string of the molecule is CCOCC(=O)N1CCc2[nH]nc(C(=O)NCC3CCCCC3)c2C1. The lowest BCUT2D eigenvalue weighted by Crippen LogP contribution is -2.39. The lowest BCUT2D eigenvalue weighted by molar-refractivity contribution is -0.136. The number of nitrogens with one attached hydrogen (secondary N) is 2. The number of rotatable bonds is 6. The molecule has 2 amide bonds. The topological polar surface area (TPSA) is 87.3 Å². The molecule has 138 valence electrons. The van der Waals surface area contributed by atoms with E-state index in [0.717, 1.165) is 11.3 Å². The fourth-order valence-corrected chi connectivity index (χ4v) is 3.69. The van der Waals surface area contributed by atoms with Crippen LogP contribution in [0, 0.1) is 5.92 Å². The molecule has 0 unspecified atom stereocenters. The molecule has 0 radical (unpaired) electrons. The first-order valence-corrected chi connectivity index (χ1v) is 9.38. The molecular weight excluding hydrogens is 320 g/mol. The molecule has 1 fully saturated rings. The standard InChI is InChI=1S/C18H28N4O3/c1-2-25-12-16(23)22-9-8-15-14(11-22)17(21-20-15)18(24)19-10-13-6-4-3-5-7-13/h13H,2-12H2,1H3,(H,19,24)(H,20,21). The average molecular weight is 348 g/mol. The Labute approximate surface area is 148 Å². The molecule has 0 aromatic carbocycles. The van der Waals surface area contributed by atoms with Gasteiger partial charge in [-0.25, -0.2) is 0 Å². The molecule has 7 heteroatoms. The first kappa shape index (κ1) is 17.9. The molecule has 1 aromatic heterocycles. The van der Waals surface area contributed by atoms with Gasteiger partial charge >= 0.3 is 0 Å². The largest absolute Gasteiger partial charge is 0.372 e. The van der Waals surface area contributed by atoms with Gasteiger partial charge in [-0.3, -0.25) is 14.7 Å². The van der Waals surface area contributed by atoms with E-state index in [-0.39, 0.29) is 18.4 Å². The average Bonchev–Trinajstić information content (AvgIpc) is 3.08. The van der Waals surface area contributed by atoms with Crippen molar-refractivity contribution in [2.45, 2.75) is 52.0 Å².